The van der Waals surface area contributed by atoms with Crippen molar-refractivity contribution >= 4 is 22.4 Å². The standard InChI is InChI=1S/C28H23N3O3S/c1-27(25(32)30-26-29-19(16-35-26)15-18-9-3-2-4-10-18)17-28(31(33)34)22-13-7-5-11-20(22)24(27)21-12-6-8-14-23(21)28/h2-14,16,24H,15,17H2,1H3,(H,29,30,32). The Morgan fingerprint density at radius 2 is 1.63 bits per heavy atom. The van der Waals surface area contributed by atoms with Crippen LogP contribution in [0.25, 0.3) is 0 Å². The van der Waals surface area contributed by atoms with Crippen molar-refractivity contribution in [2.75, 3.05) is 5.32 Å². The van der Waals surface area contributed by atoms with Gasteiger partial charge in [0.05, 0.1) is 11.1 Å². The fourth-order valence-electron chi connectivity index (χ4n) is 6.04. The van der Waals surface area contributed by atoms with Crippen molar-refractivity contribution in [2.45, 2.75) is 31.2 Å². The van der Waals surface area contributed by atoms with Crippen molar-refractivity contribution in [3.05, 3.63) is 128 Å². The quantitative estimate of drug-likeness (QED) is 0.291. The second kappa shape index (κ2) is 7.85. The number of hydrogen-bond acceptors (Lipinski definition) is 5. The molecule has 1 heterocycles. The Morgan fingerprint density at radius 3 is 2.26 bits per heavy atom. The zero-order valence-corrected chi connectivity index (χ0v) is 19.9. The summed E-state index contributed by atoms with van der Waals surface area (Å²) in [5.41, 5.74) is 2.65. The number of rotatable bonds is 5. The van der Waals surface area contributed by atoms with Crippen LogP contribution in [0.4, 0.5) is 5.13 Å². The molecule has 0 aliphatic heterocycles. The highest BCUT2D eigenvalue weighted by atomic mass is 32.1. The molecule has 0 saturated carbocycles. The predicted molar refractivity (Wildman–Crippen MR) is 135 cm³/mol. The van der Waals surface area contributed by atoms with E-state index in [1.807, 2.05) is 91.2 Å². The summed E-state index contributed by atoms with van der Waals surface area (Å²) in [6.07, 6.45) is 0.776. The lowest BCUT2D eigenvalue weighted by Crippen LogP contribution is -2.57. The molecule has 35 heavy (non-hydrogen) atoms. The lowest BCUT2D eigenvalue weighted by Gasteiger charge is -2.52. The first kappa shape index (κ1) is 21.7. The highest BCUT2D eigenvalue weighted by molar-refractivity contribution is 7.13. The molecule has 0 radical (unpaired) electrons. The number of amides is 1. The van der Waals surface area contributed by atoms with Gasteiger partial charge in [0, 0.05) is 40.2 Å². The molecular weight excluding hydrogens is 458 g/mol. The smallest absolute Gasteiger partial charge is 0.273 e. The van der Waals surface area contributed by atoms with Gasteiger partial charge in [-0.2, -0.15) is 0 Å². The summed E-state index contributed by atoms with van der Waals surface area (Å²) in [5, 5.41) is 18.2. The molecule has 1 amide bonds. The minimum Gasteiger partial charge on any atom is -0.301 e. The number of thiazole rings is 1. The summed E-state index contributed by atoms with van der Waals surface area (Å²) in [6, 6.07) is 25.1. The number of carbonyl (C=O) groups excluding carboxylic acids is 1. The van der Waals surface area contributed by atoms with Gasteiger partial charge < -0.3 is 5.32 Å². The molecule has 0 spiro atoms. The van der Waals surface area contributed by atoms with E-state index in [9.17, 15) is 14.9 Å². The van der Waals surface area contributed by atoms with Crippen molar-refractivity contribution < 1.29 is 9.72 Å². The number of aromatic nitrogens is 1. The van der Waals surface area contributed by atoms with Gasteiger partial charge in [-0.05, 0) is 23.6 Å². The highest BCUT2D eigenvalue weighted by Crippen LogP contribution is 2.64. The third-order valence-electron chi connectivity index (χ3n) is 7.53. The number of carbonyl (C=O) groups is 1. The predicted octanol–water partition coefficient (Wildman–Crippen LogP) is 5.75. The molecule has 4 aromatic rings. The molecule has 1 atom stereocenters. The van der Waals surface area contributed by atoms with Gasteiger partial charge in [0.25, 0.3) is 5.54 Å². The Kier molecular flexibility index (Phi) is 4.86. The van der Waals surface area contributed by atoms with Crippen molar-refractivity contribution in [2.24, 2.45) is 5.41 Å². The van der Waals surface area contributed by atoms with E-state index in [-0.39, 0.29) is 23.2 Å². The second-order valence-corrected chi connectivity index (χ2v) is 10.4. The maximum atomic E-state index is 13.9. The number of nitrogens with one attached hydrogen (secondary N) is 1. The molecule has 7 heteroatoms. The van der Waals surface area contributed by atoms with Crippen molar-refractivity contribution in [1.29, 1.82) is 0 Å². The molecular formula is C28H23N3O3S. The lowest BCUT2D eigenvalue weighted by molar-refractivity contribution is -0.573. The fourth-order valence-corrected chi connectivity index (χ4v) is 6.74. The van der Waals surface area contributed by atoms with Crippen LogP contribution in [0.1, 0.15) is 52.8 Å². The van der Waals surface area contributed by atoms with Crippen LogP contribution in [0.5, 0.6) is 0 Å². The van der Waals surface area contributed by atoms with Crippen LogP contribution >= 0.6 is 11.3 Å². The summed E-state index contributed by atoms with van der Waals surface area (Å²) in [7, 11) is 0. The van der Waals surface area contributed by atoms with E-state index in [0.717, 1.165) is 22.4 Å². The zero-order valence-electron chi connectivity index (χ0n) is 19.1. The van der Waals surface area contributed by atoms with E-state index < -0.39 is 11.0 Å². The van der Waals surface area contributed by atoms with Crippen LogP contribution < -0.4 is 5.32 Å². The van der Waals surface area contributed by atoms with Crippen LogP contribution in [0.2, 0.25) is 0 Å². The maximum Gasteiger partial charge on any atom is 0.273 e. The van der Waals surface area contributed by atoms with Gasteiger partial charge in [0.15, 0.2) is 5.13 Å². The minimum atomic E-state index is -1.46. The SMILES string of the molecule is CC1(C(=O)Nc2nc(Cc3ccccc3)cs2)CC2([N+](=O)[O-])c3ccccc3C1c1ccccc12. The van der Waals surface area contributed by atoms with Gasteiger partial charge in [0.2, 0.25) is 5.91 Å². The first-order chi connectivity index (χ1) is 16.9. The maximum absolute atomic E-state index is 13.9. The van der Waals surface area contributed by atoms with Crippen molar-refractivity contribution in [1.82, 2.24) is 4.98 Å². The van der Waals surface area contributed by atoms with Crippen LogP contribution in [0, 0.1) is 15.5 Å². The summed E-state index contributed by atoms with van der Waals surface area (Å²) >= 11 is 1.38. The Morgan fingerprint density at radius 1 is 1.03 bits per heavy atom. The number of anilines is 1. The van der Waals surface area contributed by atoms with E-state index >= 15 is 0 Å². The molecule has 3 aromatic carbocycles. The molecule has 3 aliphatic rings. The molecule has 0 saturated heterocycles. The average Bonchev–Trinajstić information content (AvgIpc) is 3.31. The topological polar surface area (TPSA) is 85.1 Å². The van der Waals surface area contributed by atoms with Crippen LogP contribution in [0.3, 0.4) is 0 Å². The third kappa shape index (κ3) is 3.15. The van der Waals surface area contributed by atoms with Crippen molar-refractivity contribution in [3.63, 3.8) is 0 Å². The van der Waals surface area contributed by atoms with Crippen LogP contribution in [-0.2, 0) is 16.8 Å². The van der Waals surface area contributed by atoms with E-state index in [4.69, 9.17) is 0 Å². The number of benzene rings is 3. The van der Waals surface area contributed by atoms with E-state index in [1.165, 1.54) is 11.3 Å². The number of fused-ring (bicyclic) bond motifs is 1. The normalized spacial score (nSPS) is 23.9. The molecule has 1 N–H and O–H groups in total. The molecule has 1 aromatic heterocycles. The Labute approximate surface area is 206 Å². The van der Waals surface area contributed by atoms with Gasteiger partial charge >= 0.3 is 0 Å². The van der Waals surface area contributed by atoms with Gasteiger partial charge in [-0.3, -0.25) is 14.9 Å². The monoisotopic (exact) mass is 481 g/mol. The fraction of sp³-hybridized carbons (Fsp3) is 0.214. The average molecular weight is 482 g/mol. The molecule has 0 fully saturated rings. The molecule has 7 rings (SSSR count). The molecule has 1 unspecified atom stereocenters. The van der Waals surface area contributed by atoms with E-state index in [0.29, 0.717) is 22.7 Å². The summed E-state index contributed by atoms with van der Waals surface area (Å²) in [4.78, 5) is 31.1. The summed E-state index contributed by atoms with van der Waals surface area (Å²) in [6.45, 7) is 1.86. The molecule has 2 bridgehead atoms. The Hall–Kier alpha value is -3.84. The Balaban J connectivity index is 1.38. The van der Waals surface area contributed by atoms with Gasteiger partial charge in [-0.1, -0.05) is 78.9 Å². The van der Waals surface area contributed by atoms with Gasteiger partial charge in [0.1, 0.15) is 0 Å². The molecule has 3 aliphatic carbocycles. The summed E-state index contributed by atoms with van der Waals surface area (Å²) in [5.74, 6) is -0.515. The van der Waals surface area contributed by atoms with Crippen molar-refractivity contribution in [3.8, 4) is 0 Å². The van der Waals surface area contributed by atoms with Crippen LogP contribution in [0.15, 0.2) is 84.2 Å². The number of nitrogens with zero attached hydrogens (tertiary/aromatic N) is 2. The lowest BCUT2D eigenvalue weighted by atomic mass is 9.49. The first-order valence-electron chi connectivity index (χ1n) is 11.6. The largest absolute Gasteiger partial charge is 0.301 e. The number of nitro groups is 1. The minimum absolute atomic E-state index is 0.0970. The van der Waals surface area contributed by atoms with Gasteiger partial charge in [-0.25, -0.2) is 4.98 Å². The first-order valence-corrected chi connectivity index (χ1v) is 12.4. The third-order valence-corrected chi connectivity index (χ3v) is 8.33. The zero-order chi connectivity index (χ0) is 24.2. The molecule has 6 nitrogen and oxygen atoms in total. The van der Waals surface area contributed by atoms with E-state index in [2.05, 4.69) is 10.3 Å². The molecule has 174 valence electrons. The van der Waals surface area contributed by atoms with E-state index in [1.54, 1.807) is 0 Å². The highest BCUT2D eigenvalue weighted by Gasteiger charge is 2.67. The van der Waals surface area contributed by atoms with Crippen LogP contribution in [-0.4, -0.2) is 15.8 Å². The van der Waals surface area contributed by atoms with Gasteiger partial charge in [-0.15, -0.1) is 11.3 Å². The second-order valence-electron chi connectivity index (χ2n) is 9.58. The number of hydrogen-bond donors (Lipinski definition) is 1. The Bertz CT molecular complexity index is 1420. The summed E-state index contributed by atoms with van der Waals surface area (Å²) < 4.78 is 0.